The van der Waals surface area contributed by atoms with Gasteiger partial charge in [0.1, 0.15) is 11.3 Å². The minimum Gasteiger partial charge on any atom is -0.369 e. The van der Waals surface area contributed by atoms with E-state index >= 15 is 0 Å². The molecule has 2 aliphatic rings. The molecule has 1 aliphatic heterocycles. The third kappa shape index (κ3) is 4.77. The fourth-order valence-corrected chi connectivity index (χ4v) is 4.80. The maximum atomic E-state index is 12.9. The molecule has 1 saturated carbocycles. The molecule has 2 fully saturated rings. The quantitative estimate of drug-likeness (QED) is 0.591. The SMILES string of the molecule is CN(C)C(=O)c1cc2cnc(Nc3ccc(N4CCNCC4)cc3)nc2n1C1CCCC1.Cl. The van der Waals surface area contributed by atoms with Gasteiger partial charge in [0.05, 0.1) is 0 Å². The van der Waals surface area contributed by atoms with Crippen LogP contribution in [0, 0.1) is 0 Å². The second-order valence-electron chi connectivity index (χ2n) is 8.92. The number of benzene rings is 1. The summed E-state index contributed by atoms with van der Waals surface area (Å²) in [5.41, 5.74) is 3.71. The number of aromatic nitrogens is 3. The van der Waals surface area contributed by atoms with Gasteiger partial charge in [0, 0.05) is 69.3 Å². The summed E-state index contributed by atoms with van der Waals surface area (Å²) in [5, 5.41) is 7.63. The van der Waals surface area contributed by atoms with Gasteiger partial charge in [0.15, 0.2) is 0 Å². The third-order valence-electron chi connectivity index (χ3n) is 6.50. The normalized spacial score (nSPS) is 16.6. The Morgan fingerprint density at radius 3 is 2.48 bits per heavy atom. The Morgan fingerprint density at radius 1 is 1.12 bits per heavy atom. The summed E-state index contributed by atoms with van der Waals surface area (Å²) in [6, 6.07) is 10.7. The summed E-state index contributed by atoms with van der Waals surface area (Å²) in [5.74, 6) is 0.557. The number of hydrogen-bond donors (Lipinski definition) is 2. The van der Waals surface area contributed by atoms with E-state index < -0.39 is 0 Å². The Labute approximate surface area is 200 Å². The van der Waals surface area contributed by atoms with E-state index in [1.54, 1.807) is 19.0 Å². The molecule has 0 atom stereocenters. The smallest absolute Gasteiger partial charge is 0.270 e. The molecule has 5 rings (SSSR count). The standard InChI is InChI=1S/C24H31N7O.ClH/c1-29(2)23(32)21-15-17-16-26-24(28-22(17)31(21)20-5-3-4-6-20)27-18-7-9-19(10-8-18)30-13-11-25-12-14-30;/h7-10,15-16,20,25H,3-6,11-14H2,1-2H3,(H,26,27,28);1H. The first kappa shape index (κ1) is 23.3. The zero-order chi connectivity index (χ0) is 22.1. The molecule has 1 saturated heterocycles. The number of carbonyl (C=O) groups excluding carboxylic acids is 1. The van der Waals surface area contributed by atoms with E-state index in [1.165, 1.54) is 18.5 Å². The first-order chi connectivity index (χ1) is 15.6. The van der Waals surface area contributed by atoms with Crippen LogP contribution in [0.5, 0.6) is 0 Å². The summed E-state index contributed by atoms with van der Waals surface area (Å²) < 4.78 is 2.14. The van der Waals surface area contributed by atoms with Crippen molar-refractivity contribution in [2.24, 2.45) is 0 Å². The summed E-state index contributed by atoms with van der Waals surface area (Å²) in [7, 11) is 3.59. The van der Waals surface area contributed by atoms with Crippen molar-refractivity contribution < 1.29 is 4.79 Å². The molecule has 0 spiro atoms. The first-order valence-electron chi connectivity index (χ1n) is 11.5. The van der Waals surface area contributed by atoms with Crippen molar-refractivity contribution in [1.29, 1.82) is 0 Å². The van der Waals surface area contributed by atoms with Gasteiger partial charge in [-0.2, -0.15) is 4.98 Å². The van der Waals surface area contributed by atoms with Crippen molar-refractivity contribution in [2.45, 2.75) is 31.7 Å². The molecule has 2 N–H and O–H groups in total. The molecular formula is C24H32ClN7O. The van der Waals surface area contributed by atoms with Crippen LogP contribution in [-0.2, 0) is 0 Å². The molecular weight excluding hydrogens is 438 g/mol. The van der Waals surface area contributed by atoms with Gasteiger partial charge in [0.25, 0.3) is 5.91 Å². The largest absolute Gasteiger partial charge is 0.369 e. The fourth-order valence-electron chi connectivity index (χ4n) is 4.80. The third-order valence-corrected chi connectivity index (χ3v) is 6.50. The molecule has 3 heterocycles. The second-order valence-corrected chi connectivity index (χ2v) is 8.92. The van der Waals surface area contributed by atoms with Crippen LogP contribution >= 0.6 is 12.4 Å². The average Bonchev–Trinajstić information content (AvgIpc) is 3.47. The lowest BCUT2D eigenvalue weighted by Crippen LogP contribution is -2.43. The number of piperazine rings is 1. The molecule has 1 amide bonds. The highest BCUT2D eigenvalue weighted by Gasteiger charge is 2.26. The van der Waals surface area contributed by atoms with Crippen molar-refractivity contribution in [3.05, 3.63) is 42.2 Å². The molecule has 1 aliphatic carbocycles. The van der Waals surface area contributed by atoms with Gasteiger partial charge in [-0.25, -0.2) is 4.98 Å². The number of hydrogen-bond acceptors (Lipinski definition) is 6. The molecule has 2 aromatic heterocycles. The van der Waals surface area contributed by atoms with Gasteiger partial charge in [-0.3, -0.25) is 4.79 Å². The summed E-state index contributed by atoms with van der Waals surface area (Å²) >= 11 is 0. The van der Waals surface area contributed by atoms with Gasteiger partial charge in [0.2, 0.25) is 5.95 Å². The van der Waals surface area contributed by atoms with E-state index in [-0.39, 0.29) is 18.3 Å². The van der Waals surface area contributed by atoms with Crippen LogP contribution < -0.4 is 15.5 Å². The number of halogens is 1. The van der Waals surface area contributed by atoms with E-state index in [0.717, 1.165) is 55.7 Å². The van der Waals surface area contributed by atoms with Gasteiger partial charge in [-0.05, 0) is 43.2 Å². The number of nitrogens with one attached hydrogen (secondary N) is 2. The van der Waals surface area contributed by atoms with Crippen LogP contribution in [0.15, 0.2) is 36.5 Å². The number of anilines is 3. The predicted octanol–water partition coefficient (Wildman–Crippen LogP) is 3.82. The molecule has 33 heavy (non-hydrogen) atoms. The molecule has 1 aromatic carbocycles. The lowest BCUT2D eigenvalue weighted by Gasteiger charge is -2.29. The molecule has 3 aromatic rings. The van der Waals surface area contributed by atoms with Crippen LogP contribution in [0.1, 0.15) is 42.2 Å². The number of rotatable bonds is 5. The van der Waals surface area contributed by atoms with Crippen LogP contribution in [0.2, 0.25) is 0 Å². The highest BCUT2D eigenvalue weighted by molar-refractivity contribution is 5.98. The maximum Gasteiger partial charge on any atom is 0.270 e. The van der Waals surface area contributed by atoms with E-state index in [4.69, 9.17) is 4.98 Å². The Hall–Kier alpha value is -2.84. The average molecular weight is 470 g/mol. The second kappa shape index (κ2) is 9.97. The lowest BCUT2D eigenvalue weighted by molar-refractivity contribution is 0.0815. The molecule has 176 valence electrons. The molecule has 0 bridgehead atoms. The number of amides is 1. The molecule has 0 radical (unpaired) electrons. The zero-order valence-electron chi connectivity index (χ0n) is 19.3. The van der Waals surface area contributed by atoms with Crippen molar-refractivity contribution in [3.63, 3.8) is 0 Å². The van der Waals surface area contributed by atoms with Gasteiger partial charge < -0.3 is 25.0 Å². The maximum absolute atomic E-state index is 12.9. The Balaban J connectivity index is 0.00000259. The Morgan fingerprint density at radius 2 is 1.82 bits per heavy atom. The van der Waals surface area contributed by atoms with Crippen molar-refractivity contribution in [2.75, 3.05) is 50.5 Å². The van der Waals surface area contributed by atoms with Crippen molar-refractivity contribution in [1.82, 2.24) is 24.8 Å². The van der Waals surface area contributed by atoms with Crippen molar-refractivity contribution >= 4 is 46.7 Å². The minimum absolute atomic E-state index is 0. The van der Waals surface area contributed by atoms with Gasteiger partial charge in [-0.15, -0.1) is 12.4 Å². The Kier molecular flexibility index (Phi) is 7.05. The highest BCUT2D eigenvalue weighted by atomic mass is 35.5. The first-order valence-corrected chi connectivity index (χ1v) is 11.5. The van der Waals surface area contributed by atoms with Gasteiger partial charge >= 0.3 is 0 Å². The van der Waals surface area contributed by atoms with E-state index in [0.29, 0.717) is 17.7 Å². The van der Waals surface area contributed by atoms with Crippen molar-refractivity contribution in [3.8, 4) is 0 Å². The fraction of sp³-hybridized carbons (Fsp3) is 0.458. The number of nitrogens with zero attached hydrogens (tertiary/aromatic N) is 5. The topological polar surface area (TPSA) is 78.3 Å². The summed E-state index contributed by atoms with van der Waals surface area (Å²) in [6.07, 6.45) is 6.36. The number of fused-ring (bicyclic) bond motifs is 1. The van der Waals surface area contributed by atoms with E-state index in [9.17, 15) is 4.79 Å². The minimum atomic E-state index is 0. The predicted molar refractivity (Wildman–Crippen MR) is 135 cm³/mol. The molecule has 9 heteroatoms. The monoisotopic (exact) mass is 469 g/mol. The van der Waals surface area contributed by atoms with E-state index in [2.05, 4.69) is 49.4 Å². The van der Waals surface area contributed by atoms with Crippen LogP contribution in [0.4, 0.5) is 17.3 Å². The van der Waals surface area contributed by atoms with Crippen LogP contribution in [0.25, 0.3) is 11.0 Å². The Bertz CT molecular complexity index is 1100. The van der Waals surface area contributed by atoms with E-state index in [1.807, 2.05) is 12.3 Å². The van der Waals surface area contributed by atoms with Crippen LogP contribution in [0.3, 0.4) is 0 Å². The highest BCUT2D eigenvalue weighted by Crippen LogP contribution is 2.35. The summed E-state index contributed by atoms with van der Waals surface area (Å²) in [4.78, 5) is 26.2. The molecule has 0 unspecified atom stereocenters. The van der Waals surface area contributed by atoms with Gasteiger partial charge in [-0.1, -0.05) is 12.8 Å². The zero-order valence-corrected chi connectivity index (χ0v) is 20.1. The number of carbonyl (C=O) groups is 1. The summed E-state index contributed by atoms with van der Waals surface area (Å²) in [6.45, 7) is 4.09. The molecule has 8 nitrogen and oxygen atoms in total. The van der Waals surface area contributed by atoms with Crippen LogP contribution in [-0.4, -0.2) is 65.6 Å². The lowest BCUT2D eigenvalue weighted by atomic mass is 10.2.